The number of nitrogens with one attached hydrogen (secondary N) is 2. The monoisotopic (exact) mass is 610 g/mol. The highest BCUT2D eigenvalue weighted by molar-refractivity contribution is 6.28. The van der Waals surface area contributed by atoms with Crippen LogP contribution in [-0.4, -0.2) is 98.4 Å². The average molecular weight is 612 g/mol. The van der Waals surface area contributed by atoms with Crippen molar-refractivity contribution in [2.45, 2.75) is 0 Å². The molecule has 0 unspecified atom stereocenters. The van der Waals surface area contributed by atoms with Gasteiger partial charge in [0.1, 0.15) is 11.4 Å². The first-order valence-electron chi connectivity index (χ1n) is 13.5. The highest BCUT2D eigenvalue weighted by atomic mass is 35.5. The van der Waals surface area contributed by atoms with Crippen LogP contribution in [0.3, 0.4) is 0 Å². The summed E-state index contributed by atoms with van der Waals surface area (Å²) < 4.78 is 1.38. The first-order valence-corrected chi connectivity index (χ1v) is 14.3. The molecule has 2 aromatic carbocycles. The van der Waals surface area contributed by atoms with E-state index in [4.69, 9.17) is 23.2 Å². The lowest BCUT2D eigenvalue weighted by atomic mass is 10.2. The van der Waals surface area contributed by atoms with Crippen molar-refractivity contribution in [1.29, 1.82) is 0 Å². The van der Waals surface area contributed by atoms with Gasteiger partial charge < -0.3 is 20.4 Å². The lowest BCUT2D eigenvalue weighted by molar-refractivity contribution is 0.486. The number of aromatic nitrogens is 6. The minimum atomic E-state index is 0.127. The minimum absolute atomic E-state index is 0.127. The van der Waals surface area contributed by atoms with Crippen molar-refractivity contribution in [1.82, 2.24) is 38.9 Å². The van der Waals surface area contributed by atoms with Crippen LogP contribution in [0.25, 0.3) is 0 Å². The van der Waals surface area contributed by atoms with Crippen LogP contribution >= 0.6 is 23.2 Å². The fraction of sp³-hybridized carbons (Fsp3) is 0.357. The van der Waals surface area contributed by atoms with E-state index in [1.54, 1.807) is 0 Å². The molecule has 12 nitrogen and oxygen atoms in total. The van der Waals surface area contributed by atoms with Crippen molar-refractivity contribution >= 4 is 69.7 Å². The molecule has 0 spiro atoms. The normalized spacial score (nSPS) is 14.2. The molecule has 0 saturated carbocycles. The molecule has 2 aromatic heterocycles. The van der Waals surface area contributed by atoms with E-state index in [2.05, 4.69) is 117 Å². The maximum Gasteiger partial charge on any atom is 0.233 e. The molecule has 14 heteroatoms. The third-order valence-corrected chi connectivity index (χ3v) is 7.13. The fourth-order valence-electron chi connectivity index (χ4n) is 4.44. The fourth-order valence-corrected chi connectivity index (χ4v) is 4.75. The molecule has 4 aromatic rings. The Labute approximate surface area is 256 Å². The smallest absolute Gasteiger partial charge is 0.233 e. The van der Waals surface area contributed by atoms with Gasteiger partial charge in [-0.05, 0) is 47.5 Å². The predicted molar refractivity (Wildman–Crippen MR) is 173 cm³/mol. The average Bonchev–Trinajstić information content (AvgIpc) is 2.92. The summed E-state index contributed by atoms with van der Waals surface area (Å²) in [7, 11) is 12.7. The lowest BCUT2D eigenvalue weighted by Crippen LogP contribution is -2.47. The first kappa shape index (κ1) is 29.6. The quantitative estimate of drug-likeness (QED) is 0.275. The molecule has 0 amide bonds. The predicted octanol–water partition coefficient (Wildman–Crippen LogP) is 4.57. The van der Waals surface area contributed by atoms with Gasteiger partial charge in [-0.25, -0.2) is 0 Å². The Morgan fingerprint density at radius 3 is 1.31 bits per heavy atom. The molecule has 1 aliphatic heterocycles. The van der Waals surface area contributed by atoms with Crippen molar-refractivity contribution in [2.24, 2.45) is 0 Å². The number of rotatable bonds is 8. The largest absolute Gasteiger partial charge is 0.337 e. The Kier molecular flexibility index (Phi) is 8.33. The Morgan fingerprint density at radius 1 is 0.571 bits per heavy atom. The summed E-state index contributed by atoms with van der Waals surface area (Å²) in [4.78, 5) is 30.8. The number of hydrogen-bond donors (Lipinski definition) is 2. The number of benzene rings is 2. The van der Waals surface area contributed by atoms with Crippen LogP contribution in [0.4, 0.5) is 46.5 Å². The second-order valence-corrected chi connectivity index (χ2v) is 12.5. The molecular weight excluding hydrogens is 575 g/mol. The molecule has 1 fully saturated rings. The molecule has 2 N–H and O–H groups in total. The second kappa shape index (κ2) is 11.8. The van der Waals surface area contributed by atoms with Crippen molar-refractivity contribution in [3.8, 4) is 0 Å². The second-order valence-electron chi connectivity index (χ2n) is 11.8. The minimum Gasteiger partial charge on any atom is -0.337 e. The van der Waals surface area contributed by atoms with E-state index in [9.17, 15) is 0 Å². The molecule has 0 aliphatic carbocycles. The molecule has 5 rings (SSSR count). The highest BCUT2D eigenvalue weighted by Crippen LogP contribution is 2.26. The third-order valence-electron chi connectivity index (χ3n) is 6.79. The topological polar surface area (TPSA) is 108 Å². The summed E-state index contributed by atoms with van der Waals surface area (Å²) in [5.74, 6) is 1.79. The molecule has 3 heterocycles. The van der Waals surface area contributed by atoms with Crippen molar-refractivity contribution in [3.05, 3.63) is 59.1 Å². The number of piperazine rings is 1. The number of hydrogen-bond acceptors (Lipinski definition) is 10. The van der Waals surface area contributed by atoms with Gasteiger partial charge in [-0.3, -0.25) is 8.97 Å². The van der Waals surface area contributed by atoms with E-state index < -0.39 is 0 Å². The molecule has 0 bridgehead atoms. The standard InChI is InChI=1S/C28H36Cl2N12/c1-41(2,3)21-11-7-9-19(17-21)31-25-33-23(29)35-27(37-25)39-13-15-40(16-14-39)28-36-24(30)34-26(38-28)32-20-10-8-12-22(18-20)42(4,5)6/h7-12,17-18H,13-16H2,1-6H3,(H,31,33,35,37)(H,32,34,36,38)/q+2. The van der Waals surface area contributed by atoms with E-state index in [1.807, 2.05) is 24.3 Å². The maximum absolute atomic E-state index is 6.31. The molecule has 1 aliphatic rings. The van der Waals surface area contributed by atoms with Crippen molar-refractivity contribution in [2.75, 3.05) is 88.9 Å². The molecule has 1 saturated heterocycles. The van der Waals surface area contributed by atoms with E-state index in [0.29, 0.717) is 58.9 Å². The van der Waals surface area contributed by atoms with Crippen LogP contribution < -0.4 is 29.4 Å². The maximum atomic E-state index is 6.31. The van der Waals surface area contributed by atoms with Crippen molar-refractivity contribution in [3.63, 3.8) is 0 Å². The van der Waals surface area contributed by atoms with Gasteiger partial charge in [0.05, 0.1) is 42.3 Å². The van der Waals surface area contributed by atoms with E-state index >= 15 is 0 Å². The summed E-state index contributed by atoms with van der Waals surface area (Å²) in [5, 5.41) is 6.80. The Hall–Kier alpha value is -3.84. The van der Waals surface area contributed by atoms with Gasteiger partial charge in [-0.15, -0.1) is 0 Å². The molecular formula is C28H36Cl2N12+2. The van der Waals surface area contributed by atoms with Gasteiger partial charge in [-0.1, -0.05) is 12.1 Å². The highest BCUT2D eigenvalue weighted by Gasteiger charge is 2.23. The van der Waals surface area contributed by atoms with E-state index in [0.717, 1.165) is 22.7 Å². The summed E-state index contributed by atoms with van der Waals surface area (Å²) in [6, 6.07) is 16.2. The molecule has 42 heavy (non-hydrogen) atoms. The Bertz CT molecular complexity index is 1440. The van der Waals surface area contributed by atoms with E-state index in [1.165, 1.54) is 0 Å². The van der Waals surface area contributed by atoms with Crippen molar-refractivity contribution < 1.29 is 0 Å². The van der Waals surface area contributed by atoms with Gasteiger partial charge in [0, 0.05) is 49.7 Å². The summed E-state index contributed by atoms with van der Waals surface area (Å²) in [6.45, 7) is 2.53. The SMILES string of the molecule is C[N+](C)(C)c1cccc(Nc2nc(Cl)nc(N3CCN(c4nc(Cl)nc(Nc5cccc([N+](C)(C)C)c5)n4)CC3)n2)c1. The van der Waals surface area contributed by atoms with Crippen LogP contribution in [0, 0.1) is 0 Å². The molecule has 0 atom stereocenters. The number of nitrogens with zero attached hydrogens (tertiary/aromatic N) is 10. The van der Waals surface area contributed by atoms with Gasteiger partial charge in [0.25, 0.3) is 0 Å². The number of halogens is 2. The van der Waals surface area contributed by atoms with Gasteiger partial charge >= 0.3 is 0 Å². The zero-order chi connectivity index (χ0) is 30.1. The van der Waals surface area contributed by atoms with Crippen LogP contribution in [0.1, 0.15) is 0 Å². The number of anilines is 6. The third kappa shape index (κ3) is 7.32. The first-order chi connectivity index (χ1) is 19.8. The van der Waals surface area contributed by atoms with Crippen LogP contribution in [-0.2, 0) is 0 Å². The summed E-state index contributed by atoms with van der Waals surface area (Å²) in [5.41, 5.74) is 4.04. The molecule has 220 valence electrons. The van der Waals surface area contributed by atoms with Crippen LogP contribution in [0.15, 0.2) is 48.5 Å². The van der Waals surface area contributed by atoms with E-state index in [-0.39, 0.29) is 10.6 Å². The summed E-state index contributed by atoms with van der Waals surface area (Å²) >= 11 is 12.6. The zero-order valence-electron chi connectivity index (χ0n) is 24.7. The van der Waals surface area contributed by atoms with Gasteiger partial charge in [0.15, 0.2) is 0 Å². The Balaban J connectivity index is 1.27. The number of quaternary nitrogens is 2. The van der Waals surface area contributed by atoms with Gasteiger partial charge in [-0.2, -0.15) is 29.9 Å². The van der Waals surface area contributed by atoms with Crippen LogP contribution in [0.5, 0.6) is 0 Å². The summed E-state index contributed by atoms with van der Waals surface area (Å²) in [6.07, 6.45) is 0. The molecule has 0 radical (unpaired) electrons. The van der Waals surface area contributed by atoms with Crippen LogP contribution in [0.2, 0.25) is 10.6 Å². The Morgan fingerprint density at radius 2 is 0.952 bits per heavy atom. The zero-order valence-corrected chi connectivity index (χ0v) is 26.2. The van der Waals surface area contributed by atoms with Gasteiger partial charge in [0.2, 0.25) is 34.4 Å². The lowest BCUT2D eigenvalue weighted by Gasteiger charge is -2.34.